The highest BCUT2D eigenvalue weighted by molar-refractivity contribution is 5.81. The van der Waals surface area contributed by atoms with Crippen LogP contribution in [0.2, 0.25) is 0 Å². The third kappa shape index (κ3) is 3.28. The molecule has 0 bridgehead atoms. The lowest BCUT2D eigenvalue weighted by Gasteiger charge is -2.26. The highest BCUT2D eigenvalue weighted by Gasteiger charge is 2.42. The summed E-state index contributed by atoms with van der Waals surface area (Å²) in [7, 11) is 0. The predicted molar refractivity (Wildman–Crippen MR) is 138 cm³/mol. The van der Waals surface area contributed by atoms with Gasteiger partial charge in [-0.25, -0.2) is 0 Å². The minimum atomic E-state index is 0.0874. The Morgan fingerprint density at radius 2 is 1.62 bits per heavy atom. The molecule has 32 heavy (non-hydrogen) atoms. The molecular formula is C32H34. The molecule has 0 fully saturated rings. The largest absolute Gasteiger partial charge is 0.0807 e. The van der Waals surface area contributed by atoms with Crippen molar-refractivity contribution >= 4 is 0 Å². The first kappa shape index (κ1) is 21.0. The van der Waals surface area contributed by atoms with Crippen LogP contribution in [-0.4, -0.2) is 0 Å². The van der Waals surface area contributed by atoms with Gasteiger partial charge in [0.25, 0.3) is 0 Å². The molecule has 0 nitrogen and oxygen atoms in total. The predicted octanol–water partition coefficient (Wildman–Crippen LogP) is 8.93. The molecule has 0 heteroatoms. The van der Waals surface area contributed by atoms with E-state index in [9.17, 15) is 0 Å². The normalized spacial score (nSPS) is 18.6. The Morgan fingerprint density at radius 3 is 2.41 bits per heavy atom. The van der Waals surface area contributed by atoms with E-state index in [1.165, 1.54) is 50.1 Å². The van der Waals surface area contributed by atoms with Crippen molar-refractivity contribution in [1.82, 2.24) is 0 Å². The molecule has 3 aromatic carbocycles. The third-order valence-electron chi connectivity index (χ3n) is 7.68. The zero-order valence-electron chi connectivity index (χ0n) is 20.1. The van der Waals surface area contributed by atoms with Crippen molar-refractivity contribution in [1.29, 1.82) is 0 Å². The fourth-order valence-electron chi connectivity index (χ4n) is 5.97. The van der Waals surface area contributed by atoms with Crippen LogP contribution < -0.4 is 0 Å². The van der Waals surface area contributed by atoms with E-state index in [-0.39, 0.29) is 5.41 Å². The van der Waals surface area contributed by atoms with E-state index in [4.69, 9.17) is 0 Å². The maximum Gasteiger partial charge on any atom is 0.0118 e. The second-order valence-corrected chi connectivity index (χ2v) is 10.2. The fraction of sp³-hybridized carbons (Fsp3) is 0.312. The number of allylic oxidation sites excluding steroid dienone is 4. The quantitative estimate of drug-likeness (QED) is 0.397. The van der Waals surface area contributed by atoms with E-state index >= 15 is 0 Å². The van der Waals surface area contributed by atoms with Gasteiger partial charge in [0, 0.05) is 11.3 Å². The second-order valence-electron chi connectivity index (χ2n) is 10.2. The van der Waals surface area contributed by atoms with Gasteiger partial charge in [-0.3, -0.25) is 0 Å². The molecule has 0 saturated heterocycles. The zero-order valence-corrected chi connectivity index (χ0v) is 20.1. The van der Waals surface area contributed by atoms with Crippen molar-refractivity contribution in [3.05, 3.63) is 106 Å². The molecule has 5 rings (SSSR count). The van der Waals surface area contributed by atoms with Crippen LogP contribution in [0.25, 0.3) is 22.3 Å². The van der Waals surface area contributed by atoms with Gasteiger partial charge in [-0.2, -0.15) is 0 Å². The molecule has 0 heterocycles. The molecule has 0 spiro atoms. The van der Waals surface area contributed by atoms with E-state index < -0.39 is 0 Å². The molecule has 1 unspecified atom stereocenters. The van der Waals surface area contributed by atoms with Crippen molar-refractivity contribution in [2.45, 2.75) is 65.2 Å². The molecule has 0 aliphatic heterocycles. The fourth-order valence-corrected chi connectivity index (χ4v) is 5.97. The van der Waals surface area contributed by atoms with Gasteiger partial charge in [0.15, 0.2) is 0 Å². The first-order valence-electron chi connectivity index (χ1n) is 12.1. The van der Waals surface area contributed by atoms with Crippen LogP contribution >= 0.6 is 0 Å². The van der Waals surface area contributed by atoms with Gasteiger partial charge >= 0.3 is 0 Å². The highest BCUT2D eigenvalue weighted by atomic mass is 14.5. The maximum atomic E-state index is 2.50. The summed E-state index contributed by atoms with van der Waals surface area (Å²) in [5.74, 6) is 0.547. The Bertz CT molecular complexity index is 1250. The summed E-state index contributed by atoms with van der Waals surface area (Å²) in [4.78, 5) is 0. The Labute approximate surface area is 193 Å². The molecular weight excluding hydrogens is 384 g/mol. The lowest BCUT2D eigenvalue weighted by atomic mass is 9.77. The molecule has 0 aromatic heterocycles. The third-order valence-corrected chi connectivity index (χ3v) is 7.68. The van der Waals surface area contributed by atoms with Crippen molar-refractivity contribution in [2.24, 2.45) is 0 Å². The number of aryl methyl sites for hydroxylation is 1. The molecule has 0 N–H and O–H groups in total. The van der Waals surface area contributed by atoms with Crippen LogP contribution in [-0.2, 0) is 11.8 Å². The molecule has 162 valence electrons. The second kappa shape index (κ2) is 7.93. The van der Waals surface area contributed by atoms with E-state index in [0.29, 0.717) is 5.92 Å². The number of fused-ring (bicyclic) bond motifs is 3. The SMILES string of the molecule is CCCc1c(-c2ccc3c(c2)C(C)(C)C2=CC(C)=CCC23)cccc1-c1ccccc1C. The summed E-state index contributed by atoms with van der Waals surface area (Å²) >= 11 is 0. The minimum absolute atomic E-state index is 0.0874. The minimum Gasteiger partial charge on any atom is -0.0807 e. The summed E-state index contributed by atoms with van der Waals surface area (Å²) in [5, 5.41) is 0. The van der Waals surface area contributed by atoms with Gasteiger partial charge in [0.1, 0.15) is 0 Å². The van der Waals surface area contributed by atoms with E-state index in [1.807, 2.05) is 0 Å². The monoisotopic (exact) mass is 418 g/mol. The van der Waals surface area contributed by atoms with Crippen LogP contribution in [0, 0.1) is 6.92 Å². The Kier molecular flexibility index (Phi) is 5.20. The van der Waals surface area contributed by atoms with E-state index in [1.54, 1.807) is 5.57 Å². The van der Waals surface area contributed by atoms with Crippen LogP contribution in [0.4, 0.5) is 0 Å². The van der Waals surface area contributed by atoms with Gasteiger partial charge < -0.3 is 0 Å². The van der Waals surface area contributed by atoms with Crippen LogP contribution in [0.15, 0.2) is 84.0 Å². The maximum absolute atomic E-state index is 2.50. The summed E-state index contributed by atoms with van der Waals surface area (Å²) < 4.78 is 0. The summed E-state index contributed by atoms with van der Waals surface area (Å²) in [6.45, 7) is 11.6. The molecule has 2 aliphatic carbocycles. The van der Waals surface area contributed by atoms with Crippen molar-refractivity contribution < 1.29 is 0 Å². The average Bonchev–Trinajstić information content (AvgIpc) is 3.01. The summed E-state index contributed by atoms with van der Waals surface area (Å²) in [6.07, 6.45) is 8.22. The molecule has 3 aromatic rings. The summed E-state index contributed by atoms with van der Waals surface area (Å²) in [6, 6.07) is 23.0. The number of hydrogen-bond donors (Lipinski definition) is 0. The number of rotatable bonds is 4. The van der Waals surface area contributed by atoms with Gasteiger partial charge in [-0.1, -0.05) is 105 Å². The van der Waals surface area contributed by atoms with Crippen LogP contribution in [0.3, 0.4) is 0 Å². The van der Waals surface area contributed by atoms with Gasteiger partial charge in [0.05, 0.1) is 0 Å². The molecule has 0 amide bonds. The average molecular weight is 419 g/mol. The smallest absolute Gasteiger partial charge is 0.0118 e. The van der Waals surface area contributed by atoms with Crippen molar-refractivity contribution in [3.8, 4) is 22.3 Å². The topological polar surface area (TPSA) is 0 Å². The highest BCUT2D eigenvalue weighted by Crippen LogP contribution is 2.54. The first-order chi connectivity index (χ1) is 15.4. The van der Waals surface area contributed by atoms with Crippen LogP contribution in [0.1, 0.15) is 68.7 Å². The number of benzene rings is 3. The van der Waals surface area contributed by atoms with Gasteiger partial charge in [-0.05, 0) is 77.3 Å². The molecule has 1 atom stereocenters. The zero-order chi connectivity index (χ0) is 22.5. The molecule has 0 saturated carbocycles. The lowest BCUT2D eigenvalue weighted by molar-refractivity contribution is 0.610. The Hall–Kier alpha value is -2.86. The van der Waals surface area contributed by atoms with Gasteiger partial charge in [0.2, 0.25) is 0 Å². The lowest BCUT2D eigenvalue weighted by Crippen LogP contribution is -2.17. The van der Waals surface area contributed by atoms with Gasteiger partial charge in [-0.15, -0.1) is 0 Å². The summed E-state index contributed by atoms with van der Waals surface area (Å²) in [5.41, 5.74) is 14.5. The Balaban J connectivity index is 1.67. The van der Waals surface area contributed by atoms with Crippen molar-refractivity contribution in [2.75, 3.05) is 0 Å². The Morgan fingerprint density at radius 1 is 0.875 bits per heavy atom. The van der Waals surface area contributed by atoms with Crippen LogP contribution in [0.5, 0.6) is 0 Å². The number of hydrogen-bond acceptors (Lipinski definition) is 0. The molecule has 0 radical (unpaired) electrons. The first-order valence-corrected chi connectivity index (χ1v) is 12.1. The van der Waals surface area contributed by atoms with Crippen molar-refractivity contribution in [3.63, 3.8) is 0 Å². The molecule has 2 aliphatic rings. The standard InChI is InChI=1S/C32H34/c1-6-10-26-25(13-9-14-27(26)24-12-8-7-11-22(24)3)23-16-18-29-28-17-15-21(2)19-30(28)32(4,5)31(29)20-23/h7-9,11-16,18-20,28H,6,10,17H2,1-5H3. The van der Waals surface area contributed by atoms with E-state index in [2.05, 4.69) is 107 Å². The van der Waals surface area contributed by atoms with E-state index in [0.717, 1.165) is 19.3 Å².